The molecule has 0 aliphatic rings. The average molecular weight is 364 g/mol. The zero-order valence-corrected chi connectivity index (χ0v) is 15.8. The number of fused-ring (bicyclic) bond motifs is 3. The minimum absolute atomic E-state index is 0.0286. The number of thiophene rings is 1. The van der Waals surface area contributed by atoms with E-state index >= 15 is 0 Å². The van der Waals surface area contributed by atoms with Gasteiger partial charge in [0.1, 0.15) is 10.6 Å². The van der Waals surface area contributed by atoms with Crippen molar-refractivity contribution < 1.29 is 0 Å². The highest BCUT2D eigenvalue weighted by molar-refractivity contribution is 7.26. The van der Waals surface area contributed by atoms with Gasteiger partial charge in [0.2, 0.25) is 0 Å². The molecule has 26 heavy (non-hydrogen) atoms. The van der Waals surface area contributed by atoms with E-state index in [1.54, 1.807) is 23.7 Å². The van der Waals surface area contributed by atoms with Crippen LogP contribution in [0.1, 0.15) is 18.2 Å². The van der Waals surface area contributed by atoms with E-state index in [1.165, 1.54) is 5.56 Å². The Labute approximate surface area is 155 Å². The number of aromatic nitrogens is 4. The van der Waals surface area contributed by atoms with Gasteiger partial charge in [0.05, 0.1) is 10.2 Å². The topological polar surface area (TPSA) is 89.6 Å². The van der Waals surface area contributed by atoms with Crippen LogP contribution >= 0.6 is 11.3 Å². The fourth-order valence-corrected chi connectivity index (χ4v) is 4.19. The van der Waals surface area contributed by atoms with Crippen LogP contribution in [0.2, 0.25) is 0 Å². The number of hydrogen-bond donors (Lipinski definition) is 2. The first-order valence-electron chi connectivity index (χ1n) is 8.51. The van der Waals surface area contributed by atoms with Crippen molar-refractivity contribution in [2.45, 2.75) is 26.8 Å². The molecule has 4 rings (SSSR count). The van der Waals surface area contributed by atoms with E-state index in [2.05, 4.69) is 23.3 Å². The lowest BCUT2D eigenvalue weighted by Gasteiger charge is -2.10. The van der Waals surface area contributed by atoms with Crippen LogP contribution in [0.25, 0.3) is 31.8 Å². The number of nitrogens with zero attached hydrogens (tertiary/aromatic N) is 4. The number of nitrogens with two attached hydrogens (primary N) is 1. The highest BCUT2D eigenvalue weighted by Gasteiger charge is 2.17. The van der Waals surface area contributed by atoms with Crippen molar-refractivity contribution in [2.24, 2.45) is 5.73 Å². The maximum absolute atomic E-state index is 5.93. The molecule has 7 heteroatoms. The SMILES string of the molecule is Cc1cc(C)c2c(n1)sc1c(NC[C@H](C)N)nc(-c3ccncc3)nc12. The Bertz CT molecular complexity index is 1090. The van der Waals surface area contributed by atoms with Crippen molar-refractivity contribution in [1.82, 2.24) is 19.9 Å². The summed E-state index contributed by atoms with van der Waals surface area (Å²) >= 11 is 1.62. The lowest BCUT2D eigenvalue weighted by molar-refractivity contribution is 0.778. The normalized spacial score (nSPS) is 12.6. The minimum atomic E-state index is 0.0286. The molecule has 4 aromatic heterocycles. The van der Waals surface area contributed by atoms with Crippen LogP contribution in [0, 0.1) is 13.8 Å². The van der Waals surface area contributed by atoms with Gasteiger partial charge in [-0.2, -0.15) is 0 Å². The summed E-state index contributed by atoms with van der Waals surface area (Å²) in [6, 6.07) is 5.96. The van der Waals surface area contributed by atoms with Crippen molar-refractivity contribution in [3.63, 3.8) is 0 Å². The van der Waals surface area contributed by atoms with Crippen molar-refractivity contribution in [1.29, 1.82) is 0 Å². The maximum atomic E-state index is 5.93. The van der Waals surface area contributed by atoms with E-state index in [1.807, 2.05) is 26.0 Å². The fraction of sp³-hybridized carbons (Fsp3) is 0.263. The number of pyridine rings is 2. The quantitative estimate of drug-likeness (QED) is 0.574. The van der Waals surface area contributed by atoms with E-state index in [9.17, 15) is 0 Å². The molecule has 0 radical (unpaired) electrons. The third-order valence-corrected chi connectivity index (χ3v) is 5.22. The molecule has 0 saturated heterocycles. The lowest BCUT2D eigenvalue weighted by Crippen LogP contribution is -2.25. The van der Waals surface area contributed by atoms with Crippen molar-refractivity contribution in [3.8, 4) is 11.4 Å². The van der Waals surface area contributed by atoms with E-state index in [0.29, 0.717) is 12.4 Å². The van der Waals surface area contributed by atoms with E-state index in [-0.39, 0.29) is 6.04 Å². The van der Waals surface area contributed by atoms with Crippen molar-refractivity contribution >= 4 is 37.6 Å². The first-order chi connectivity index (χ1) is 12.5. The standard InChI is InChI=1S/C19H20N6S/c1-10-8-12(3)23-19-14(10)15-16(26-19)18(22-9-11(2)20)25-17(24-15)13-4-6-21-7-5-13/h4-8,11H,9,20H2,1-3H3,(H,22,24,25)/t11-/m0/s1. The van der Waals surface area contributed by atoms with E-state index in [0.717, 1.165) is 37.5 Å². The van der Waals surface area contributed by atoms with Crippen LogP contribution in [0.3, 0.4) is 0 Å². The fourth-order valence-electron chi connectivity index (χ4n) is 2.99. The number of aryl methyl sites for hydroxylation is 2. The van der Waals surface area contributed by atoms with Gasteiger partial charge < -0.3 is 11.1 Å². The molecule has 3 N–H and O–H groups in total. The van der Waals surface area contributed by atoms with Gasteiger partial charge in [0, 0.05) is 41.6 Å². The van der Waals surface area contributed by atoms with Gasteiger partial charge in [-0.3, -0.25) is 4.98 Å². The Balaban J connectivity index is 2.01. The Kier molecular flexibility index (Phi) is 4.26. The number of rotatable bonds is 4. The molecule has 4 heterocycles. The molecule has 1 atom stereocenters. The van der Waals surface area contributed by atoms with Crippen LogP contribution in [-0.4, -0.2) is 32.5 Å². The number of hydrogen-bond acceptors (Lipinski definition) is 7. The van der Waals surface area contributed by atoms with Gasteiger partial charge in [-0.15, -0.1) is 11.3 Å². The molecule has 6 nitrogen and oxygen atoms in total. The second-order valence-electron chi connectivity index (χ2n) is 6.53. The van der Waals surface area contributed by atoms with Crippen LogP contribution in [0.5, 0.6) is 0 Å². The summed E-state index contributed by atoms with van der Waals surface area (Å²) in [5.74, 6) is 1.48. The first-order valence-corrected chi connectivity index (χ1v) is 9.33. The molecular formula is C19H20N6S. The Morgan fingerprint density at radius 1 is 1.15 bits per heavy atom. The zero-order chi connectivity index (χ0) is 18.3. The van der Waals surface area contributed by atoms with Gasteiger partial charge >= 0.3 is 0 Å². The molecule has 0 saturated carbocycles. The van der Waals surface area contributed by atoms with Gasteiger partial charge in [-0.05, 0) is 44.5 Å². The third kappa shape index (κ3) is 3.00. The zero-order valence-electron chi connectivity index (χ0n) is 14.9. The summed E-state index contributed by atoms with van der Waals surface area (Å²) in [7, 11) is 0. The van der Waals surface area contributed by atoms with Gasteiger partial charge in [0.15, 0.2) is 5.82 Å². The summed E-state index contributed by atoms with van der Waals surface area (Å²) in [6.07, 6.45) is 3.50. The van der Waals surface area contributed by atoms with E-state index in [4.69, 9.17) is 20.7 Å². The minimum Gasteiger partial charge on any atom is -0.367 e. The summed E-state index contributed by atoms with van der Waals surface area (Å²) in [6.45, 7) is 6.73. The lowest BCUT2D eigenvalue weighted by atomic mass is 10.1. The molecule has 0 aromatic carbocycles. The van der Waals surface area contributed by atoms with Gasteiger partial charge in [-0.25, -0.2) is 15.0 Å². The van der Waals surface area contributed by atoms with Gasteiger partial charge in [-0.1, -0.05) is 0 Å². The summed E-state index contributed by atoms with van der Waals surface area (Å²) in [5, 5.41) is 4.48. The Morgan fingerprint density at radius 2 is 1.92 bits per heavy atom. The highest BCUT2D eigenvalue weighted by Crippen LogP contribution is 2.38. The predicted molar refractivity (Wildman–Crippen MR) is 108 cm³/mol. The second-order valence-corrected chi connectivity index (χ2v) is 7.53. The predicted octanol–water partition coefficient (Wildman–Crippen LogP) is 3.68. The summed E-state index contributed by atoms with van der Waals surface area (Å²) in [4.78, 5) is 19.4. The average Bonchev–Trinajstić information content (AvgIpc) is 2.98. The molecule has 0 bridgehead atoms. The molecule has 132 valence electrons. The molecule has 0 fully saturated rings. The summed E-state index contributed by atoms with van der Waals surface area (Å²) < 4.78 is 1.01. The number of anilines is 1. The highest BCUT2D eigenvalue weighted by atomic mass is 32.1. The first kappa shape index (κ1) is 16.8. The Morgan fingerprint density at radius 3 is 2.65 bits per heavy atom. The van der Waals surface area contributed by atoms with Gasteiger partial charge in [0.25, 0.3) is 0 Å². The molecule has 0 amide bonds. The van der Waals surface area contributed by atoms with Crippen LogP contribution < -0.4 is 11.1 Å². The molecule has 0 aliphatic heterocycles. The molecule has 0 aliphatic carbocycles. The maximum Gasteiger partial charge on any atom is 0.162 e. The molecule has 0 spiro atoms. The Hall–Kier alpha value is -2.64. The van der Waals surface area contributed by atoms with E-state index < -0.39 is 0 Å². The summed E-state index contributed by atoms with van der Waals surface area (Å²) in [5.41, 5.74) is 9.98. The number of nitrogens with one attached hydrogen (secondary N) is 1. The van der Waals surface area contributed by atoms with Crippen molar-refractivity contribution in [3.05, 3.63) is 41.9 Å². The third-order valence-electron chi connectivity index (χ3n) is 4.14. The van der Waals surface area contributed by atoms with Crippen LogP contribution in [-0.2, 0) is 0 Å². The second kappa shape index (κ2) is 6.59. The van der Waals surface area contributed by atoms with Crippen LogP contribution in [0.15, 0.2) is 30.6 Å². The van der Waals surface area contributed by atoms with Crippen molar-refractivity contribution in [2.75, 3.05) is 11.9 Å². The smallest absolute Gasteiger partial charge is 0.162 e. The molecule has 0 unspecified atom stereocenters. The largest absolute Gasteiger partial charge is 0.367 e. The molecule has 4 aromatic rings. The monoisotopic (exact) mass is 364 g/mol. The molecular weight excluding hydrogens is 344 g/mol. The van der Waals surface area contributed by atoms with Crippen LogP contribution in [0.4, 0.5) is 5.82 Å².